The van der Waals surface area contributed by atoms with E-state index in [0.29, 0.717) is 0 Å². The monoisotopic (exact) mass is 172 g/mol. The number of hydrogen-bond donors (Lipinski definition) is 1. The zero-order chi connectivity index (χ0) is 9.26. The average molecular weight is 172 g/mol. The number of hydrogen-bond acceptors (Lipinski definition) is 2. The van der Waals surface area contributed by atoms with Crippen molar-refractivity contribution in [3.05, 3.63) is 36.0 Å². The fourth-order valence-electron chi connectivity index (χ4n) is 1.56. The molecule has 0 saturated carbocycles. The molecular weight excluding hydrogens is 160 g/mol. The van der Waals surface area contributed by atoms with Gasteiger partial charge in [0.25, 0.3) is 0 Å². The maximum Gasteiger partial charge on any atom is 0.0935 e. The third-order valence-corrected chi connectivity index (χ3v) is 2.23. The molecule has 0 bridgehead atoms. The summed E-state index contributed by atoms with van der Waals surface area (Å²) in [5.41, 5.74) is 3.40. The highest BCUT2D eigenvalue weighted by Crippen LogP contribution is 2.24. The Hall–Kier alpha value is -1.57. The van der Waals surface area contributed by atoms with Crippen molar-refractivity contribution in [2.75, 3.05) is 12.4 Å². The smallest absolute Gasteiger partial charge is 0.0935 e. The van der Waals surface area contributed by atoms with Crippen molar-refractivity contribution in [3.8, 4) is 0 Å². The highest BCUT2D eigenvalue weighted by molar-refractivity contribution is 5.91. The summed E-state index contributed by atoms with van der Waals surface area (Å²) in [5, 5.41) is 4.35. The first-order chi connectivity index (χ1) is 6.33. The van der Waals surface area contributed by atoms with Gasteiger partial charge in [0.05, 0.1) is 11.2 Å². The van der Waals surface area contributed by atoms with Crippen molar-refractivity contribution in [2.45, 2.75) is 6.92 Å². The minimum absolute atomic E-state index is 1.05. The molecule has 0 atom stereocenters. The van der Waals surface area contributed by atoms with E-state index < -0.39 is 0 Å². The minimum atomic E-state index is 1.05. The Morgan fingerprint density at radius 1 is 1.23 bits per heavy atom. The van der Waals surface area contributed by atoms with Gasteiger partial charge in [-0.1, -0.05) is 18.2 Å². The lowest BCUT2D eigenvalue weighted by Gasteiger charge is -2.07. The molecule has 0 aliphatic carbocycles. The SMILES string of the molecule is CNc1c(C)ccc2cccnc12. The second kappa shape index (κ2) is 3.05. The molecule has 13 heavy (non-hydrogen) atoms. The van der Waals surface area contributed by atoms with Gasteiger partial charge in [0.1, 0.15) is 0 Å². The Labute approximate surface area is 77.6 Å². The van der Waals surface area contributed by atoms with E-state index in [4.69, 9.17) is 0 Å². The van der Waals surface area contributed by atoms with Gasteiger partial charge in [-0.3, -0.25) is 4.98 Å². The zero-order valence-corrected chi connectivity index (χ0v) is 7.83. The topological polar surface area (TPSA) is 24.9 Å². The number of pyridine rings is 1. The molecular formula is C11H12N2. The Kier molecular flexibility index (Phi) is 1.89. The maximum absolute atomic E-state index is 4.35. The quantitative estimate of drug-likeness (QED) is 0.715. The van der Waals surface area contributed by atoms with Crippen LogP contribution in [-0.2, 0) is 0 Å². The summed E-state index contributed by atoms with van der Waals surface area (Å²) in [6.07, 6.45) is 1.82. The minimum Gasteiger partial charge on any atom is -0.386 e. The first-order valence-electron chi connectivity index (χ1n) is 4.35. The Balaban J connectivity index is 2.84. The molecule has 1 N–H and O–H groups in total. The molecule has 0 radical (unpaired) electrons. The molecule has 0 saturated heterocycles. The van der Waals surface area contributed by atoms with Gasteiger partial charge in [-0.05, 0) is 18.6 Å². The van der Waals surface area contributed by atoms with Crippen LogP contribution in [0.3, 0.4) is 0 Å². The number of benzene rings is 1. The van der Waals surface area contributed by atoms with Crippen LogP contribution in [0.1, 0.15) is 5.56 Å². The largest absolute Gasteiger partial charge is 0.386 e. The van der Waals surface area contributed by atoms with E-state index in [0.717, 1.165) is 11.2 Å². The summed E-state index contributed by atoms with van der Waals surface area (Å²) in [6.45, 7) is 2.08. The number of aromatic nitrogens is 1. The van der Waals surface area contributed by atoms with E-state index in [1.54, 1.807) is 0 Å². The van der Waals surface area contributed by atoms with Crippen molar-refractivity contribution in [1.82, 2.24) is 4.98 Å². The Morgan fingerprint density at radius 2 is 2.08 bits per heavy atom. The molecule has 2 heteroatoms. The van der Waals surface area contributed by atoms with Crippen LogP contribution in [-0.4, -0.2) is 12.0 Å². The number of anilines is 1. The third-order valence-electron chi connectivity index (χ3n) is 2.23. The van der Waals surface area contributed by atoms with E-state index >= 15 is 0 Å². The molecule has 0 unspecified atom stereocenters. The molecule has 0 fully saturated rings. The van der Waals surface area contributed by atoms with Crippen molar-refractivity contribution >= 4 is 16.6 Å². The summed E-state index contributed by atoms with van der Waals surface area (Å²) >= 11 is 0. The van der Waals surface area contributed by atoms with Crippen LogP contribution in [0.2, 0.25) is 0 Å². The highest BCUT2D eigenvalue weighted by atomic mass is 14.9. The van der Waals surface area contributed by atoms with Crippen LogP contribution in [0.4, 0.5) is 5.69 Å². The van der Waals surface area contributed by atoms with Gasteiger partial charge in [-0.25, -0.2) is 0 Å². The molecule has 2 rings (SSSR count). The van der Waals surface area contributed by atoms with Gasteiger partial charge in [-0.15, -0.1) is 0 Å². The predicted molar refractivity (Wildman–Crippen MR) is 56.0 cm³/mol. The van der Waals surface area contributed by atoms with Crippen LogP contribution < -0.4 is 5.32 Å². The lowest BCUT2D eigenvalue weighted by Crippen LogP contribution is -1.94. The van der Waals surface area contributed by atoms with Crippen LogP contribution in [0.25, 0.3) is 10.9 Å². The number of aryl methyl sites for hydroxylation is 1. The lowest BCUT2D eigenvalue weighted by molar-refractivity contribution is 1.36. The average Bonchev–Trinajstić information content (AvgIpc) is 2.18. The fourth-order valence-corrected chi connectivity index (χ4v) is 1.56. The molecule has 66 valence electrons. The maximum atomic E-state index is 4.35. The standard InChI is InChI=1S/C11H12N2/c1-8-5-6-9-4-3-7-13-11(9)10(8)12-2/h3-7,12H,1-2H3. The summed E-state index contributed by atoms with van der Waals surface area (Å²) in [6, 6.07) is 8.23. The van der Waals surface area contributed by atoms with Crippen molar-refractivity contribution in [2.24, 2.45) is 0 Å². The van der Waals surface area contributed by atoms with Crippen LogP contribution in [0, 0.1) is 6.92 Å². The second-order valence-electron chi connectivity index (χ2n) is 3.08. The van der Waals surface area contributed by atoms with Gasteiger partial charge < -0.3 is 5.32 Å². The number of rotatable bonds is 1. The van der Waals surface area contributed by atoms with Gasteiger partial charge in [-0.2, -0.15) is 0 Å². The first-order valence-corrected chi connectivity index (χ1v) is 4.35. The predicted octanol–water partition coefficient (Wildman–Crippen LogP) is 2.58. The van der Waals surface area contributed by atoms with Crippen molar-refractivity contribution in [3.63, 3.8) is 0 Å². The van der Waals surface area contributed by atoms with Crippen LogP contribution >= 0.6 is 0 Å². The Morgan fingerprint density at radius 3 is 2.85 bits per heavy atom. The zero-order valence-electron chi connectivity index (χ0n) is 7.83. The number of nitrogens with one attached hydrogen (secondary N) is 1. The van der Waals surface area contributed by atoms with E-state index in [2.05, 4.69) is 35.4 Å². The van der Waals surface area contributed by atoms with Gasteiger partial charge >= 0.3 is 0 Å². The molecule has 1 aromatic heterocycles. The molecule has 0 spiro atoms. The molecule has 1 heterocycles. The fraction of sp³-hybridized carbons (Fsp3) is 0.182. The molecule has 2 nitrogen and oxygen atoms in total. The highest BCUT2D eigenvalue weighted by Gasteiger charge is 2.02. The summed E-state index contributed by atoms with van der Waals surface area (Å²) in [5.74, 6) is 0. The van der Waals surface area contributed by atoms with Gasteiger partial charge in [0.15, 0.2) is 0 Å². The second-order valence-corrected chi connectivity index (χ2v) is 3.08. The van der Waals surface area contributed by atoms with E-state index in [1.165, 1.54) is 10.9 Å². The molecule has 0 aliphatic rings. The Bertz CT molecular complexity index is 435. The van der Waals surface area contributed by atoms with E-state index in [9.17, 15) is 0 Å². The first kappa shape index (κ1) is 8.05. The van der Waals surface area contributed by atoms with E-state index in [-0.39, 0.29) is 0 Å². The van der Waals surface area contributed by atoms with Crippen molar-refractivity contribution < 1.29 is 0 Å². The normalized spacial score (nSPS) is 10.3. The summed E-state index contributed by atoms with van der Waals surface area (Å²) in [4.78, 5) is 4.35. The molecule has 1 aromatic carbocycles. The molecule has 2 aromatic rings. The summed E-state index contributed by atoms with van der Waals surface area (Å²) < 4.78 is 0. The van der Waals surface area contributed by atoms with Gasteiger partial charge in [0.2, 0.25) is 0 Å². The van der Waals surface area contributed by atoms with Gasteiger partial charge in [0, 0.05) is 18.6 Å². The van der Waals surface area contributed by atoms with Crippen molar-refractivity contribution in [1.29, 1.82) is 0 Å². The van der Waals surface area contributed by atoms with Crippen LogP contribution in [0.15, 0.2) is 30.5 Å². The van der Waals surface area contributed by atoms with E-state index in [1.807, 2.05) is 19.3 Å². The van der Waals surface area contributed by atoms with Crippen LogP contribution in [0.5, 0.6) is 0 Å². The summed E-state index contributed by atoms with van der Waals surface area (Å²) in [7, 11) is 1.93. The molecule has 0 amide bonds. The number of nitrogens with zero attached hydrogens (tertiary/aromatic N) is 1. The molecule has 0 aliphatic heterocycles. The number of fused-ring (bicyclic) bond motifs is 1. The third kappa shape index (κ3) is 1.24. The lowest BCUT2D eigenvalue weighted by atomic mass is 10.1.